The van der Waals surface area contributed by atoms with Crippen LogP contribution < -0.4 is 0 Å². The van der Waals surface area contributed by atoms with Crippen molar-refractivity contribution in [3.63, 3.8) is 0 Å². The molecule has 8 heteroatoms. The van der Waals surface area contributed by atoms with Gasteiger partial charge in [0.05, 0.1) is 10.0 Å². The molecule has 1 heterocycles. The lowest BCUT2D eigenvalue weighted by Gasteiger charge is -2.17. The third-order valence-electron chi connectivity index (χ3n) is 3.89. The highest BCUT2D eigenvalue weighted by atomic mass is 35.5. The van der Waals surface area contributed by atoms with Gasteiger partial charge in [0.15, 0.2) is 17.4 Å². The van der Waals surface area contributed by atoms with Gasteiger partial charge >= 0.3 is 0 Å². The molecule has 0 saturated carbocycles. The third-order valence-corrected chi connectivity index (χ3v) is 5.51. The van der Waals surface area contributed by atoms with Gasteiger partial charge in [0, 0.05) is 33.8 Å². The Kier molecular flexibility index (Phi) is 5.99. The van der Waals surface area contributed by atoms with Crippen LogP contribution in [-0.4, -0.2) is 17.3 Å². The lowest BCUT2D eigenvalue weighted by atomic mass is 10.00. The van der Waals surface area contributed by atoms with Gasteiger partial charge in [-0.3, -0.25) is 4.79 Å². The van der Waals surface area contributed by atoms with Crippen LogP contribution in [0.4, 0.5) is 17.6 Å². The van der Waals surface area contributed by atoms with Crippen molar-refractivity contribution in [2.24, 2.45) is 0 Å². The molecule has 1 saturated heterocycles. The Hall–Kier alpha value is -1.76. The van der Waals surface area contributed by atoms with Crippen molar-refractivity contribution in [2.45, 2.75) is 0 Å². The van der Waals surface area contributed by atoms with Gasteiger partial charge in [-0.2, -0.15) is 11.8 Å². The molecule has 2 aromatic rings. The number of hydrogen-bond donors (Lipinski definition) is 0. The van der Waals surface area contributed by atoms with Crippen LogP contribution in [0.3, 0.4) is 0 Å². The maximum absolute atomic E-state index is 14.1. The molecule has 0 N–H and O–H groups in total. The molecule has 2 aromatic carbocycles. The molecule has 0 amide bonds. The summed E-state index contributed by atoms with van der Waals surface area (Å²) < 4.78 is 56.0. The minimum absolute atomic E-state index is 0.0976. The lowest BCUT2D eigenvalue weighted by Crippen LogP contribution is -2.16. The second-order valence-corrected chi connectivity index (χ2v) is 7.47. The van der Waals surface area contributed by atoms with Gasteiger partial charge < -0.3 is 0 Å². The van der Waals surface area contributed by atoms with Gasteiger partial charge in [0.25, 0.3) is 0 Å². The largest absolute Gasteiger partial charge is 0.289 e. The van der Waals surface area contributed by atoms with Crippen LogP contribution in [-0.2, 0) is 4.79 Å². The molecule has 3 rings (SSSR count). The average Bonchev–Trinajstić information content (AvgIpc) is 2.64. The zero-order chi connectivity index (χ0) is 19.7. The van der Waals surface area contributed by atoms with Crippen molar-refractivity contribution in [1.82, 2.24) is 0 Å². The minimum Gasteiger partial charge on any atom is -0.289 e. The molecule has 140 valence electrons. The number of ketones is 1. The molecule has 1 aliphatic heterocycles. The van der Waals surface area contributed by atoms with E-state index in [0.29, 0.717) is 0 Å². The summed E-state index contributed by atoms with van der Waals surface area (Å²) in [6, 6.07) is 4.13. The topological polar surface area (TPSA) is 17.1 Å². The molecule has 27 heavy (non-hydrogen) atoms. The van der Waals surface area contributed by atoms with Crippen LogP contribution in [0.1, 0.15) is 11.1 Å². The molecule has 1 aliphatic rings. The highest BCUT2D eigenvalue weighted by molar-refractivity contribution is 7.99. The fourth-order valence-electron chi connectivity index (χ4n) is 2.52. The van der Waals surface area contributed by atoms with E-state index in [1.165, 1.54) is 11.8 Å². The van der Waals surface area contributed by atoms with E-state index in [-0.39, 0.29) is 32.7 Å². The summed E-state index contributed by atoms with van der Waals surface area (Å²) in [6.07, 6.45) is 2.15. The lowest BCUT2D eigenvalue weighted by molar-refractivity contribution is -0.112. The summed E-state index contributed by atoms with van der Waals surface area (Å²) in [5.41, 5.74) is -0.679. The summed E-state index contributed by atoms with van der Waals surface area (Å²) >= 11 is 12.6. The first kappa shape index (κ1) is 20.0. The van der Waals surface area contributed by atoms with E-state index in [4.69, 9.17) is 23.2 Å². The van der Waals surface area contributed by atoms with Gasteiger partial charge in [0.1, 0.15) is 11.6 Å². The number of carbonyl (C=O) groups is 1. The first-order valence-electron chi connectivity index (χ1n) is 7.60. The number of benzene rings is 2. The summed E-state index contributed by atoms with van der Waals surface area (Å²) in [5.74, 6) is -3.86. The average molecular weight is 433 g/mol. The van der Waals surface area contributed by atoms with Crippen molar-refractivity contribution in [3.8, 4) is 0 Å². The van der Waals surface area contributed by atoms with Crippen molar-refractivity contribution >= 4 is 52.9 Å². The Morgan fingerprint density at radius 3 is 1.59 bits per heavy atom. The molecule has 0 aliphatic carbocycles. The van der Waals surface area contributed by atoms with Crippen molar-refractivity contribution in [1.29, 1.82) is 0 Å². The zero-order valence-electron chi connectivity index (χ0n) is 13.5. The predicted octanol–water partition coefficient (Wildman–Crippen LogP) is 6.33. The van der Waals surface area contributed by atoms with E-state index in [1.54, 1.807) is 0 Å². The summed E-state index contributed by atoms with van der Waals surface area (Å²) in [6.45, 7) is 0. The number of rotatable bonds is 2. The summed E-state index contributed by atoms with van der Waals surface area (Å²) in [4.78, 5) is 12.6. The van der Waals surface area contributed by atoms with Gasteiger partial charge in [0.2, 0.25) is 0 Å². The summed E-state index contributed by atoms with van der Waals surface area (Å²) in [5, 5.41) is -0.559. The molecule has 0 spiro atoms. The van der Waals surface area contributed by atoms with Crippen LogP contribution in [0.15, 0.2) is 35.4 Å². The number of Topliss-reactive ketones (excluding diaryl/α,β-unsaturated/α-hetero) is 1. The van der Waals surface area contributed by atoms with Crippen LogP contribution in [0.25, 0.3) is 12.2 Å². The van der Waals surface area contributed by atoms with Gasteiger partial charge in [-0.15, -0.1) is 0 Å². The van der Waals surface area contributed by atoms with E-state index in [9.17, 15) is 22.4 Å². The van der Waals surface area contributed by atoms with Crippen molar-refractivity contribution in [3.05, 3.63) is 79.9 Å². The normalized spacial score (nSPS) is 17.8. The fraction of sp³-hybridized carbons (Fsp3) is 0.105. The van der Waals surface area contributed by atoms with E-state index < -0.39 is 40.2 Å². The maximum atomic E-state index is 14.1. The second-order valence-electron chi connectivity index (χ2n) is 5.67. The first-order chi connectivity index (χ1) is 12.8. The maximum Gasteiger partial charge on any atom is 0.186 e. The van der Waals surface area contributed by atoms with E-state index in [2.05, 4.69) is 0 Å². The highest BCUT2D eigenvalue weighted by Gasteiger charge is 2.24. The van der Waals surface area contributed by atoms with Crippen LogP contribution >= 0.6 is 35.0 Å². The molecular weight excluding hydrogens is 423 g/mol. The Bertz CT molecular complexity index is 924. The summed E-state index contributed by atoms with van der Waals surface area (Å²) in [7, 11) is 0. The Morgan fingerprint density at radius 1 is 0.778 bits per heavy atom. The van der Waals surface area contributed by atoms with Crippen LogP contribution in [0, 0.1) is 23.3 Å². The molecule has 1 nitrogen and oxygen atoms in total. The molecule has 0 atom stereocenters. The smallest absolute Gasteiger partial charge is 0.186 e. The minimum atomic E-state index is -0.981. The Morgan fingerprint density at radius 2 is 1.19 bits per heavy atom. The Labute approximate surface area is 166 Å². The van der Waals surface area contributed by atoms with E-state index in [1.807, 2.05) is 0 Å². The van der Waals surface area contributed by atoms with Crippen LogP contribution in [0.5, 0.6) is 0 Å². The number of hydrogen-bond acceptors (Lipinski definition) is 2. The monoisotopic (exact) mass is 432 g/mol. The molecule has 1 fully saturated rings. The van der Waals surface area contributed by atoms with Gasteiger partial charge in [-0.1, -0.05) is 23.2 Å². The SMILES string of the molecule is O=C1C(=Cc2c(F)ccc(Cl)c2F)CSCC1=Cc1c(F)ccc(Cl)c1F. The standard InChI is InChI=1S/C19H10Cl2F4OS/c20-13-1-3-15(22)11(17(13)24)5-9-7-27-8-10(19(9)26)6-12-16(23)4-2-14(21)18(12)25/h1-6H,7-8H2. The highest BCUT2D eigenvalue weighted by Crippen LogP contribution is 2.31. The predicted molar refractivity (Wildman–Crippen MR) is 101 cm³/mol. The van der Waals surface area contributed by atoms with Crippen LogP contribution in [0.2, 0.25) is 10.0 Å². The quantitative estimate of drug-likeness (QED) is 0.313. The third kappa shape index (κ3) is 4.08. The first-order valence-corrected chi connectivity index (χ1v) is 9.51. The van der Waals surface area contributed by atoms with Gasteiger partial charge in [-0.05, 0) is 36.4 Å². The van der Waals surface area contributed by atoms with E-state index >= 15 is 0 Å². The zero-order valence-corrected chi connectivity index (χ0v) is 15.8. The molecule has 0 unspecified atom stereocenters. The molecular formula is C19H10Cl2F4OS. The van der Waals surface area contributed by atoms with Gasteiger partial charge in [-0.25, -0.2) is 17.6 Å². The number of halogens is 6. The van der Waals surface area contributed by atoms with E-state index in [0.717, 1.165) is 36.4 Å². The molecule has 0 bridgehead atoms. The van der Waals surface area contributed by atoms with Crippen molar-refractivity contribution < 1.29 is 22.4 Å². The molecule has 0 radical (unpaired) electrons. The Balaban J connectivity index is 2.03. The molecule has 0 aromatic heterocycles. The fourth-order valence-corrected chi connectivity index (χ4v) is 3.82. The van der Waals surface area contributed by atoms with Crippen molar-refractivity contribution in [2.75, 3.05) is 11.5 Å². The number of thioether (sulfide) groups is 1. The number of carbonyl (C=O) groups excluding carboxylic acids is 1. The second kappa shape index (κ2) is 8.09.